The number of oxime groups is 1. The normalized spacial score (nSPS) is 41.8. The lowest BCUT2D eigenvalue weighted by Crippen LogP contribution is -2.65. The van der Waals surface area contributed by atoms with Gasteiger partial charge in [0.25, 0.3) is 0 Å². The van der Waals surface area contributed by atoms with Gasteiger partial charge in [-0.2, -0.15) is 18.4 Å². The molecule has 5 aliphatic rings. The van der Waals surface area contributed by atoms with Crippen molar-refractivity contribution in [2.24, 2.45) is 61.1 Å². The number of carbonyl (C=O) groups is 3. The second-order valence-electron chi connectivity index (χ2n) is 15.8. The van der Waals surface area contributed by atoms with E-state index in [1.807, 2.05) is 20.8 Å². The molecule has 43 heavy (non-hydrogen) atoms. The van der Waals surface area contributed by atoms with Gasteiger partial charge in [-0.3, -0.25) is 9.59 Å². The van der Waals surface area contributed by atoms with Crippen LogP contribution >= 0.6 is 0 Å². The fraction of sp³-hybridized carbons (Fsp3) is 0.727. The van der Waals surface area contributed by atoms with Gasteiger partial charge >= 0.3 is 12.1 Å². The number of nitriles is 1. The number of nitrogens with two attached hydrogens (primary N) is 1. The highest BCUT2D eigenvalue weighted by atomic mass is 19.4. The quantitative estimate of drug-likeness (QED) is 0.165. The molecule has 0 bridgehead atoms. The van der Waals surface area contributed by atoms with Crippen molar-refractivity contribution < 1.29 is 32.4 Å². The molecule has 5 aliphatic carbocycles. The predicted molar refractivity (Wildman–Crippen MR) is 153 cm³/mol. The SMILES string of the molecule is CC1(C)CC[C@]2(C(=O)ON=C(N)C(F)(F)F)CC[C@]3(C)C(C(=O)C=C4[C@@]5(C)C=C(C#N)C(=O)C(C)(C)[C@@H]5CC[C@]43C)C2C1. The first-order valence-corrected chi connectivity index (χ1v) is 15.2. The Labute approximate surface area is 251 Å². The number of nitrogens with zero attached hydrogens (tertiary/aromatic N) is 2. The number of allylic oxidation sites excluding steroid dienone is 4. The third-order valence-electron chi connectivity index (χ3n) is 12.8. The van der Waals surface area contributed by atoms with Gasteiger partial charge in [0.15, 0.2) is 11.6 Å². The fourth-order valence-electron chi connectivity index (χ4n) is 10.2. The molecule has 0 aromatic rings. The van der Waals surface area contributed by atoms with Gasteiger partial charge in [0.05, 0.1) is 11.0 Å². The number of hydrogen-bond acceptors (Lipinski definition) is 6. The minimum Gasteiger partial charge on any atom is -0.377 e. The number of ketones is 2. The summed E-state index contributed by atoms with van der Waals surface area (Å²) in [4.78, 5) is 46.3. The van der Waals surface area contributed by atoms with Gasteiger partial charge in [0, 0.05) is 16.7 Å². The van der Waals surface area contributed by atoms with Crippen LogP contribution in [0.15, 0.2) is 28.5 Å². The Morgan fingerprint density at radius 2 is 1.67 bits per heavy atom. The molecule has 5 rings (SSSR count). The summed E-state index contributed by atoms with van der Waals surface area (Å²) in [6.45, 7) is 14.3. The molecule has 0 radical (unpaired) electrons. The molecule has 7 nitrogen and oxygen atoms in total. The van der Waals surface area contributed by atoms with E-state index < -0.39 is 56.9 Å². The van der Waals surface area contributed by atoms with Gasteiger partial charge in [-0.25, -0.2) is 4.79 Å². The summed E-state index contributed by atoms with van der Waals surface area (Å²) in [5.74, 6) is -4.01. The van der Waals surface area contributed by atoms with Crippen LogP contribution in [0.1, 0.15) is 93.4 Å². The average molecular weight is 602 g/mol. The summed E-state index contributed by atoms with van der Waals surface area (Å²) in [5, 5.41) is 12.8. The van der Waals surface area contributed by atoms with Gasteiger partial charge in [-0.15, -0.1) is 0 Å². The number of hydrogen-bond donors (Lipinski definition) is 1. The summed E-state index contributed by atoms with van der Waals surface area (Å²) >= 11 is 0. The van der Waals surface area contributed by atoms with Crippen molar-refractivity contribution in [2.75, 3.05) is 0 Å². The highest BCUT2D eigenvalue weighted by Gasteiger charge is 2.71. The molecular weight excluding hydrogens is 559 g/mol. The molecule has 2 N–H and O–H groups in total. The lowest BCUT2D eigenvalue weighted by atomic mass is 9.34. The topological polar surface area (TPSA) is 123 Å². The number of amidine groups is 1. The van der Waals surface area contributed by atoms with Gasteiger partial charge in [0.1, 0.15) is 6.07 Å². The van der Waals surface area contributed by atoms with Crippen LogP contribution in [-0.2, 0) is 19.2 Å². The highest BCUT2D eigenvalue weighted by Crippen LogP contribution is 2.74. The molecule has 0 aromatic heterocycles. The summed E-state index contributed by atoms with van der Waals surface area (Å²) in [7, 11) is 0. The van der Waals surface area contributed by atoms with Gasteiger partial charge in [0.2, 0.25) is 5.84 Å². The zero-order valence-electron chi connectivity index (χ0n) is 26.1. The average Bonchev–Trinajstić information content (AvgIpc) is 2.89. The maximum atomic E-state index is 14.5. The fourth-order valence-corrected chi connectivity index (χ4v) is 10.2. The van der Waals surface area contributed by atoms with Crippen molar-refractivity contribution in [3.05, 3.63) is 23.3 Å². The lowest BCUT2D eigenvalue weighted by Gasteiger charge is -2.68. The Hall–Kier alpha value is -2.96. The molecule has 0 saturated heterocycles. The Kier molecular flexibility index (Phi) is 6.79. The minimum absolute atomic E-state index is 0.0971. The van der Waals surface area contributed by atoms with E-state index in [0.717, 1.165) is 18.4 Å². The second-order valence-corrected chi connectivity index (χ2v) is 15.8. The van der Waals surface area contributed by atoms with Crippen LogP contribution in [0.4, 0.5) is 13.2 Å². The van der Waals surface area contributed by atoms with Crippen molar-refractivity contribution in [1.82, 2.24) is 0 Å². The number of carbonyl (C=O) groups excluding carboxylic acids is 3. The number of Topliss-reactive ketones (excluding diaryl/α,β-unsaturated/α-hetero) is 1. The van der Waals surface area contributed by atoms with E-state index in [0.29, 0.717) is 32.1 Å². The second kappa shape index (κ2) is 9.28. The number of halogens is 3. The zero-order valence-corrected chi connectivity index (χ0v) is 26.1. The van der Waals surface area contributed by atoms with Crippen LogP contribution in [0.2, 0.25) is 0 Å². The standard InChI is InChI=1S/C33H42F3N3O4/c1-27(2)10-12-32(26(42)43-39-25(38)33(34,35)36)13-11-31(7)23(19(32)16-27)20(40)14-22-29(5)15-18(17-37)24(41)28(3,4)21(29)8-9-30(22,31)6/h14-15,19,21,23H,8-13,16H2,1-7H3,(H2,38,39)/t19?,21-,23?,29-,30+,31+,32-/m0/s1. The Bertz CT molecular complexity index is 1440. The van der Waals surface area contributed by atoms with Crippen molar-refractivity contribution in [1.29, 1.82) is 5.26 Å². The van der Waals surface area contributed by atoms with Gasteiger partial charge in [-0.05, 0) is 79.1 Å². The maximum absolute atomic E-state index is 14.5. The van der Waals surface area contributed by atoms with E-state index in [-0.39, 0.29) is 28.5 Å². The van der Waals surface area contributed by atoms with Crippen molar-refractivity contribution in [2.45, 2.75) is 99.6 Å². The van der Waals surface area contributed by atoms with Crippen LogP contribution in [0, 0.1) is 61.6 Å². The first-order valence-electron chi connectivity index (χ1n) is 15.2. The monoisotopic (exact) mass is 601 g/mol. The molecule has 0 spiro atoms. The Morgan fingerprint density at radius 3 is 2.28 bits per heavy atom. The molecule has 0 aliphatic heterocycles. The molecule has 3 fully saturated rings. The molecule has 2 unspecified atom stereocenters. The van der Waals surface area contributed by atoms with Crippen LogP contribution in [0.25, 0.3) is 0 Å². The predicted octanol–water partition coefficient (Wildman–Crippen LogP) is 6.58. The van der Waals surface area contributed by atoms with Crippen LogP contribution in [0.3, 0.4) is 0 Å². The molecular formula is C33H42F3N3O4. The molecule has 0 heterocycles. The van der Waals surface area contributed by atoms with E-state index in [1.54, 1.807) is 12.2 Å². The van der Waals surface area contributed by atoms with Crippen molar-refractivity contribution >= 4 is 23.4 Å². The summed E-state index contributed by atoms with van der Waals surface area (Å²) < 4.78 is 39.1. The van der Waals surface area contributed by atoms with E-state index >= 15 is 0 Å². The van der Waals surface area contributed by atoms with Gasteiger partial charge < -0.3 is 10.6 Å². The summed E-state index contributed by atoms with van der Waals surface area (Å²) in [5.41, 5.74) is 2.17. The van der Waals surface area contributed by atoms with E-state index in [2.05, 4.69) is 38.9 Å². The minimum atomic E-state index is -4.93. The lowest BCUT2D eigenvalue weighted by molar-refractivity contribution is -0.193. The summed E-state index contributed by atoms with van der Waals surface area (Å²) in [6.07, 6.45) is 2.42. The smallest absolute Gasteiger partial charge is 0.377 e. The Balaban J connectivity index is 1.64. The van der Waals surface area contributed by atoms with E-state index in [9.17, 15) is 32.8 Å². The number of fused-ring (bicyclic) bond motifs is 7. The molecule has 7 atom stereocenters. The third kappa shape index (κ3) is 4.19. The zero-order chi connectivity index (χ0) is 32.2. The van der Waals surface area contributed by atoms with Crippen LogP contribution in [0.5, 0.6) is 0 Å². The number of rotatable bonds is 2. The molecule has 10 heteroatoms. The molecule has 0 aromatic carbocycles. The molecule has 0 amide bonds. The number of alkyl halides is 3. The summed E-state index contributed by atoms with van der Waals surface area (Å²) in [6, 6.07) is 2.10. The third-order valence-corrected chi connectivity index (χ3v) is 12.8. The van der Waals surface area contributed by atoms with Crippen molar-refractivity contribution in [3.63, 3.8) is 0 Å². The molecule has 234 valence electrons. The highest BCUT2D eigenvalue weighted by molar-refractivity contribution is 6.04. The van der Waals surface area contributed by atoms with Crippen LogP contribution in [-0.4, -0.2) is 29.5 Å². The van der Waals surface area contributed by atoms with E-state index in [4.69, 9.17) is 10.6 Å². The Morgan fingerprint density at radius 1 is 1.05 bits per heavy atom. The van der Waals surface area contributed by atoms with E-state index in [1.165, 1.54) is 0 Å². The largest absolute Gasteiger partial charge is 0.452 e. The maximum Gasteiger partial charge on any atom is 0.452 e. The first kappa shape index (κ1) is 31.5. The first-order chi connectivity index (χ1) is 19.6. The molecule has 3 saturated carbocycles. The van der Waals surface area contributed by atoms with Gasteiger partial charge in [-0.1, -0.05) is 65.3 Å². The van der Waals surface area contributed by atoms with Crippen LogP contribution < -0.4 is 5.73 Å². The van der Waals surface area contributed by atoms with Crippen molar-refractivity contribution in [3.8, 4) is 6.07 Å².